The molecule has 1 atom stereocenters. The van der Waals surface area contributed by atoms with Gasteiger partial charge in [0.1, 0.15) is 0 Å². The van der Waals surface area contributed by atoms with Crippen molar-refractivity contribution in [1.82, 2.24) is 19.4 Å². The predicted octanol–water partition coefficient (Wildman–Crippen LogP) is 3.42. The van der Waals surface area contributed by atoms with Crippen molar-refractivity contribution in [3.8, 4) is 0 Å². The van der Waals surface area contributed by atoms with E-state index in [1.165, 1.54) is 11.5 Å². The maximum atomic E-state index is 6.48. The second kappa shape index (κ2) is 5.54. The molecule has 1 unspecified atom stereocenters. The van der Waals surface area contributed by atoms with Gasteiger partial charge in [0.15, 0.2) is 0 Å². The molecule has 0 bridgehead atoms. The van der Waals surface area contributed by atoms with Crippen molar-refractivity contribution in [2.75, 3.05) is 0 Å². The van der Waals surface area contributed by atoms with Gasteiger partial charge in [0.2, 0.25) is 0 Å². The Morgan fingerprint density at radius 1 is 1.35 bits per heavy atom. The predicted molar refractivity (Wildman–Crippen MR) is 85.0 cm³/mol. The first-order valence-electron chi connectivity index (χ1n) is 6.54. The van der Waals surface area contributed by atoms with E-state index in [1.54, 1.807) is 6.20 Å². The van der Waals surface area contributed by atoms with Crippen LogP contribution in [0.2, 0.25) is 0 Å². The van der Waals surface area contributed by atoms with Crippen LogP contribution in [0.1, 0.15) is 63.0 Å². The molecule has 0 amide bonds. The smallest absolute Gasteiger partial charge is 0.0864 e. The van der Waals surface area contributed by atoms with Crippen LogP contribution >= 0.6 is 27.5 Å². The maximum Gasteiger partial charge on any atom is 0.0864 e. The second-order valence-corrected chi connectivity index (χ2v) is 7.77. The van der Waals surface area contributed by atoms with Crippen LogP contribution in [0.15, 0.2) is 10.7 Å². The summed E-state index contributed by atoms with van der Waals surface area (Å²) in [5.41, 5.74) is 8.33. The topological polar surface area (TPSA) is 69.6 Å². The number of hydrogen-bond acceptors (Lipinski definition) is 5. The fourth-order valence-corrected chi connectivity index (χ4v) is 3.49. The van der Waals surface area contributed by atoms with Crippen molar-refractivity contribution < 1.29 is 0 Å². The van der Waals surface area contributed by atoms with E-state index in [4.69, 9.17) is 5.73 Å². The summed E-state index contributed by atoms with van der Waals surface area (Å²) in [7, 11) is 0. The summed E-state index contributed by atoms with van der Waals surface area (Å²) in [5, 5.41) is 8.66. The first-order valence-corrected chi connectivity index (χ1v) is 8.11. The average molecular weight is 358 g/mol. The lowest BCUT2D eigenvalue weighted by Gasteiger charge is -2.21. The van der Waals surface area contributed by atoms with E-state index in [9.17, 15) is 0 Å². The van der Waals surface area contributed by atoms with Crippen LogP contribution in [-0.4, -0.2) is 19.4 Å². The normalized spacial score (nSPS) is 14.0. The number of halogens is 1. The molecule has 0 spiro atoms. The summed E-state index contributed by atoms with van der Waals surface area (Å²) >= 11 is 4.91. The number of nitrogens with two attached hydrogens (primary N) is 1. The van der Waals surface area contributed by atoms with Crippen LogP contribution in [0.3, 0.4) is 0 Å². The largest absolute Gasteiger partial charge is 0.318 e. The standard InChI is InChI=1S/C13H20BrN5S/c1-7(2)19-10(8(14)6-16-19)9(15)11-12(13(3,4)5)17-18-20-11/h6-7,9H,15H2,1-5H3. The number of aromatic nitrogens is 4. The van der Waals surface area contributed by atoms with E-state index in [-0.39, 0.29) is 17.5 Å². The summed E-state index contributed by atoms with van der Waals surface area (Å²) in [4.78, 5) is 1.00. The molecule has 110 valence electrons. The minimum absolute atomic E-state index is 0.0743. The Balaban J connectivity index is 2.50. The Kier molecular flexibility index (Phi) is 4.32. The van der Waals surface area contributed by atoms with Crippen molar-refractivity contribution in [1.29, 1.82) is 0 Å². The molecule has 2 aromatic rings. The van der Waals surface area contributed by atoms with Gasteiger partial charge in [-0.15, -0.1) is 5.10 Å². The van der Waals surface area contributed by atoms with Crippen molar-refractivity contribution in [2.24, 2.45) is 5.73 Å². The third-order valence-electron chi connectivity index (χ3n) is 3.08. The Morgan fingerprint density at radius 2 is 2.00 bits per heavy atom. The lowest BCUT2D eigenvalue weighted by Crippen LogP contribution is -2.23. The monoisotopic (exact) mass is 357 g/mol. The Hall–Kier alpha value is -0.790. The molecule has 0 aliphatic carbocycles. The third-order valence-corrected chi connectivity index (χ3v) is 4.50. The highest BCUT2D eigenvalue weighted by Crippen LogP contribution is 2.35. The molecule has 2 heterocycles. The molecule has 2 rings (SSSR count). The quantitative estimate of drug-likeness (QED) is 0.913. The molecular weight excluding hydrogens is 338 g/mol. The molecule has 0 radical (unpaired) electrons. The van der Waals surface area contributed by atoms with E-state index in [1.807, 2.05) is 4.68 Å². The fourth-order valence-electron chi connectivity index (χ4n) is 2.10. The Morgan fingerprint density at radius 3 is 2.55 bits per heavy atom. The van der Waals surface area contributed by atoms with E-state index in [2.05, 4.69) is 65.2 Å². The molecule has 0 saturated heterocycles. The number of nitrogens with zero attached hydrogens (tertiary/aromatic N) is 4. The zero-order valence-corrected chi connectivity index (χ0v) is 14.8. The molecule has 0 fully saturated rings. The van der Waals surface area contributed by atoms with Crippen LogP contribution in [0.25, 0.3) is 0 Å². The first kappa shape index (κ1) is 15.6. The maximum absolute atomic E-state index is 6.48. The van der Waals surface area contributed by atoms with Crippen molar-refractivity contribution >= 4 is 27.5 Å². The number of rotatable bonds is 3. The van der Waals surface area contributed by atoms with Gasteiger partial charge >= 0.3 is 0 Å². The lowest BCUT2D eigenvalue weighted by atomic mass is 9.89. The minimum atomic E-state index is -0.275. The molecule has 0 saturated carbocycles. The van der Waals surface area contributed by atoms with E-state index < -0.39 is 0 Å². The van der Waals surface area contributed by atoms with Gasteiger partial charge in [-0.3, -0.25) is 4.68 Å². The molecule has 2 aromatic heterocycles. The van der Waals surface area contributed by atoms with Crippen LogP contribution in [0.4, 0.5) is 0 Å². The first-order chi connectivity index (χ1) is 9.23. The summed E-state index contributed by atoms with van der Waals surface area (Å²) in [6.07, 6.45) is 1.79. The van der Waals surface area contributed by atoms with Gasteiger partial charge in [-0.25, -0.2) is 0 Å². The van der Waals surface area contributed by atoms with Crippen LogP contribution in [0, 0.1) is 0 Å². The molecule has 0 aliphatic rings. The Bertz CT molecular complexity index is 596. The van der Waals surface area contributed by atoms with Gasteiger partial charge in [0, 0.05) is 11.5 Å². The van der Waals surface area contributed by atoms with Crippen molar-refractivity contribution in [3.05, 3.63) is 26.9 Å². The fraction of sp³-hybridized carbons (Fsp3) is 0.615. The van der Waals surface area contributed by atoms with E-state index in [0.717, 1.165) is 20.7 Å². The van der Waals surface area contributed by atoms with Gasteiger partial charge in [-0.05, 0) is 41.3 Å². The zero-order chi connectivity index (χ0) is 15.1. The molecule has 2 N–H and O–H groups in total. The van der Waals surface area contributed by atoms with Gasteiger partial charge in [0.05, 0.1) is 33.0 Å². The highest BCUT2D eigenvalue weighted by molar-refractivity contribution is 9.10. The van der Waals surface area contributed by atoms with Gasteiger partial charge in [-0.2, -0.15) is 5.10 Å². The van der Waals surface area contributed by atoms with E-state index >= 15 is 0 Å². The lowest BCUT2D eigenvalue weighted by molar-refractivity contribution is 0.495. The van der Waals surface area contributed by atoms with Crippen LogP contribution in [0.5, 0.6) is 0 Å². The highest BCUT2D eigenvalue weighted by Gasteiger charge is 2.29. The SMILES string of the molecule is CC(C)n1ncc(Br)c1C(N)c1snnc1C(C)(C)C. The van der Waals surface area contributed by atoms with Gasteiger partial charge < -0.3 is 5.73 Å². The Labute approximate surface area is 131 Å². The minimum Gasteiger partial charge on any atom is -0.318 e. The molecule has 7 heteroatoms. The van der Waals surface area contributed by atoms with Crippen LogP contribution < -0.4 is 5.73 Å². The third kappa shape index (κ3) is 2.80. The summed E-state index contributed by atoms with van der Waals surface area (Å²) < 4.78 is 6.96. The van der Waals surface area contributed by atoms with Crippen molar-refractivity contribution in [3.63, 3.8) is 0 Å². The number of hydrogen-bond donors (Lipinski definition) is 1. The van der Waals surface area contributed by atoms with E-state index in [0.29, 0.717) is 0 Å². The summed E-state index contributed by atoms with van der Waals surface area (Å²) in [5.74, 6) is 0. The second-order valence-electron chi connectivity index (χ2n) is 6.13. The molecule has 0 aromatic carbocycles. The average Bonchev–Trinajstić information content (AvgIpc) is 2.92. The van der Waals surface area contributed by atoms with Gasteiger partial charge in [0.25, 0.3) is 0 Å². The molecule has 0 aliphatic heterocycles. The molecular formula is C13H20BrN5S. The van der Waals surface area contributed by atoms with Gasteiger partial charge in [-0.1, -0.05) is 25.3 Å². The summed E-state index contributed by atoms with van der Waals surface area (Å²) in [6.45, 7) is 10.5. The molecule has 5 nitrogen and oxygen atoms in total. The van der Waals surface area contributed by atoms with Crippen molar-refractivity contribution in [2.45, 2.75) is 52.1 Å². The molecule has 20 heavy (non-hydrogen) atoms. The summed E-state index contributed by atoms with van der Waals surface area (Å²) in [6, 6.07) is -0.0233. The highest BCUT2D eigenvalue weighted by atomic mass is 79.9. The zero-order valence-electron chi connectivity index (χ0n) is 12.4. The van der Waals surface area contributed by atoms with Crippen LogP contribution in [-0.2, 0) is 5.41 Å².